The molecule has 0 saturated carbocycles. The minimum absolute atomic E-state index is 0.263. The number of nitrogens with zero attached hydrogens (tertiary/aromatic N) is 1. The van der Waals surface area contributed by atoms with Crippen molar-refractivity contribution in [2.24, 2.45) is 5.92 Å². The molecule has 3 heteroatoms. The van der Waals surface area contributed by atoms with Gasteiger partial charge in [-0.3, -0.25) is 10.1 Å². The number of hydrogen-bond acceptors (Lipinski definition) is 2. The normalized spacial score (nSPS) is 12.2. The molecule has 0 aromatic carbocycles. The summed E-state index contributed by atoms with van der Waals surface area (Å²) in [6.45, 7) is 5.62. The molecule has 0 spiro atoms. The van der Waals surface area contributed by atoms with Gasteiger partial charge in [0.2, 0.25) is 5.70 Å². The van der Waals surface area contributed by atoms with Gasteiger partial charge in [0.25, 0.3) is 0 Å². The molecule has 64 valence electrons. The lowest BCUT2D eigenvalue weighted by Gasteiger charge is -2.03. The van der Waals surface area contributed by atoms with E-state index in [-0.39, 0.29) is 10.6 Å². The summed E-state index contributed by atoms with van der Waals surface area (Å²) in [5.74, 6) is 0.361. The molecule has 0 saturated heterocycles. The molecular formula is C8H15NO2. The Balaban J connectivity index is 4.14. The van der Waals surface area contributed by atoms with Gasteiger partial charge in [0.15, 0.2) is 0 Å². The van der Waals surface area contributed by atoms with Crippen LogP contribution in [-0.4, -0.2) is 4.92 Å². The maximum atomic E-state index is 10.2. The van der Waals surface area contributed by atoms with Gasteiger partial charge in [0.05, 0.1) is 4.92 Å². The smallest absolute Gasteiger partial charge is 0.239 e. The van der Waals surface area contributed by atoms with Gasteiger partial charge in [0, 0.05) is 6.92 Å². The standard InChI is InChI=1S/C8H15NO2/c1-4-8(5-2)6-7(3)9(10)11/h6,8H,4-5H2,1-3H3. The summed E-state index contributed by atoms with van der Waals surface area (Å²) in [6, 6.07) is 0. The van der Waals surface area contributed by atoms with Crippen LogP contribution in [0.4, 0.5) is 0 Å². The van der Waals surface area contributed by atoms with Gasteiger partial charge in [-0.25, -0.2) is 0 Å². The van der Waals surface area contributed by atoms with Crippen LogP contribution in [0.2, 0.25) is 0 Å². The van der Waals surface area contributed by atoms with Gasteiger partial charge in [-0.05, 0) is 24.8 Å². The van der Waals surface area contributed by atoms with E-state index < -0.39 is 0 Å². The highest BCUT2D eigenvalue weighted by molar-refractivity contribution is 4.91. The average Bonchev–Trinajstić information content (AvgIpc) is 1.99. The third-order valence-corrected chi connectivity index (χ3v) is 1.81. The SMILES string of the molecule is CCC(C=C(C)[N+](=O)[O-])CC. The Kier molecular flexibility index (Phi) is 4.50. The number of allylic oxidation sites excluding steroid dienone is 2. The number of hydrogen-bond donors (Lipinski definition) is 0. The van der Waals surface area contributed by atoms with E-state index in [2.05, 4.69) is 0 Å². The Hall–Kier alpha value is -0.860. The highest BCUT2D eigenvalue weighted by Crippen LogP contribution is 2.11. The zero-order valence-electron chi connectivity index (χ0n) is 7.33. The van der Waals surface area contributed by atoms with Crippen LogP contribution in [-0.2, 0) is 0 Å². The molecule has 0 atom stereocenters. The third kappa shape index (κ3) is 3.75. The van der Waals surface area contributed by atoms with Crippen molar-refractivity contribution in [1.29, 1.82) is 0 Å². The first-order valence-electron chi connectivity index (χ1n) is 3.94. The minimum Gasteiger partial charge on any atom is -0.259 e. The van der Waals surface area contributed by atoms with E-state index in [1.54, 1.807) is 13.0 Å². The second-order valence-corrected chi connectivity index (χ2v) is 2.64. The van der Waals surface area contributed by atoms with E-state index in [0.29, 0.717) is 5.92 Å². The molecule has 0 radical (unpaired) electrons. The van der Waals surface area contributed by atoms with E-state index in [0.717, 1.165) is 12.8 Å². The van der Waals surface area contributed by atoms with Gasteiger partial charge in [-0.1, -0.05) is 13.8 Å². The molecule has 0 unspecified atom stereocenters. The fourth-order valence-corrected chi connectivity index (χ4v) is 0.926. The minimum atomic E-state index is -0.335. The van der Waals surface area contributed by atoms with Crippen molar-refractivity contribution in [3.8, 4) is 0 Å². The first-order valence-corrected chi connectivity index (χ1v) is 3.94. The van der Waals surface area contributed by atoms with Crippen molar-refractivity contribution in [2.75, 3.05) is 0 Å². The topological polar surface area (TPSA) is 43.1 Å². The molecule has 0 aromatic rings. The zero-order valence-corrected chi connectivity index (χ0v) is 7.33. The number of nitro groups is 1. The molecule has 0 fully saturated rings. The van der Waals surface area contributed by atoms with Gasteiger partial charge < -0.3 is 0 Å². The zero-order chi connectivity index (χ0) is 8.85. The van der Waals surface area contributed by atoms with Crippen LogP contribution in [0.25, 0.3) is 0 Å². The molecule has 11 heavy (non-hydrogen) atoms. The van der Waals surface area contributed by atoms with Crippen LogP contribution in [0.1, 0.15) is 33.6 Å². The lowest BCUT2D eigenvalue weighted by Crippen LogP contribution is -1.99. The molecule has 0 heterocycles. The largest absolute Gasteiger partial charge is 0.259 e. The van der Waals surface area contributed by atoms with Crippen LogP contribution in [0.15, 0.2) is 11.8 Å². The maximum absolute atomic E-state index is 10.2. The predicted molar refractivity (Wildman–Crippen MR) is 44.8 cm³/mol. The van der Waals surface area contributed by atoms with Crippen molar-refractivity contribution >= 4 is 0 Å². The van der Waals surface area contributed by atoms with Crippen molar-refractivity contribution in [3.05, 3.63) is 21.9 Å². The summed E-state index contributed by atoms with van der Waals surface area (Å²) in [5, 5.41) is 10.2. The van der Waals surface area contributed by atoms with Gasteiger partial charge in [-0.15, -0.1) is 0 Å². The number of rotatable bonds is 4. The van der Waals surface area contributed by atoms with E-state index in [1.807, 2.05) is 13.8 Å². The lowest BCUT2D eigenvalue weighted by atomic mass is 10.0. The van der Waals surface area contributed by atoms with E-state index >= 15 is 0 Å². The van der Waals surface area contributed by atoms with E-state index in [4.69, 9.17) is 0 Å². The van der Waals surface area contributed by atoms with Crippen LogP contribution in [0.5, 0.6) is 0 Å². The van der Waals surface area contributed by atoms with Crippen molar-refractivity contribution in [2.45, 2.75) is 33.6 Å². The quantitative estimate of drug-likeness (QED) is 0.465. The molecule has 0 aromatic heterocycles. The van der Waals surface area contributed by atoms with Crippen LogP contribution >= 0.6 is 0 Å². The fourth-order valence-electron chi connectivity index (χ4n) is 0.926. The first-order chi connectivity index (χ1) is 5.11. The van der Waals surface area contributed by atoms with Crippen LogP contribution in [0.3, 0.4) is 0 Å². The Morgan fingerprint density at radius 3 is 2.27 bits per heavy atom. The molecule has 0 aliphatic heterocycles. The second kappa shape index (κ2) is 4.88. The Bertz CT molecular complexity index is 159. The molecule has 0 amide bonds. The van der Waals surface area contributed by atoms with Gasteiger partial charge >= 0.3 is 0 Å². The molecule has 0 N–H and O–H groups in total. The molecular weight excluding hydrogens is 142 g/mol. The third-order valence-electron chi connectivity index (χ3n) is 1.81. The summed E-state index contributed by atoms with van der Waals surface area (Å²) >= 11 is 0. The summed E-state index contributed by atoms with van der Waals surface area (Å²) in [7, 11) is 0. The Morgan fingerprint density at radius 1 is 1.55 bits per heavy atom. The average molecular weight is 157 g/mol. The van der Waals surface area contributed by atoms with Crippen molar-refractivity contribution in [1.82, 2.24) is 0 Å². The maximum Gasteiger partial charge on any atom is 0.239 e. The first kappa shape index (κ1) is 10.1. The molecule has 0 aliphatic carbocycles. The highest BCUT2D eigenvalue weighted by Gasteiger charge is 2.06. The molecule has 0 bridgehead atoms. The van der Waals surface area contributed by atoms with Crippen molar-refractivity contribution < 1.29 is 4.92 Å². The van der Waals surface area contributed by atoms with Crippen LogP contribution in [0, 0.1) is 16.0 Å². The van der Waals surface area contributed by atoms with E-state index in [1.165, 1.54) is 0 Å². The highest BCUT2D eigenvalue weighted by atomic mass is 16.6. The molecule has 0 aliphatic rings. The van der Waals surface area contributed by atoms with Crippen molar-refractivity contribution in [3.63, 3.8) is 0 Å². The summed E-state index contributed by atoms with van der Waals surface area (Å²) in [5.41, 5.74) is 0.263. The second-order valence-electron chi connectivity index (χ2n) is 2.64. The van der Waals surface area contributed by atoms with Crippen LogP contribution < -0.4 is 0 Å². The fraction of sp³-hybridized carbons (Fsp3) is 0.750. The lowest BCUT2D eigenvalue weighted by molar-refractivity contribution is -0.424. The summed E-state index contributed by atoms with van der Waals surface area (Å²) in [4.78, 5) is 9.87. The molecule has 3 nitrogen and oxygen atoms in total. The van der Waals surface area contributed by atoms with E-state index in [9.17, 15) is 10.1 Å². The van der Waals surface area contributed by atoms with Gasteiger partial charge in [0.1, 0.15) is 0 Å². The predicted octanol–water partition coefficient (Wildman–Crippen LogP) is 2.60. The Morgan fingerprint density at radius 2 is 2.00 bits per heavy atom. The Labute approximate surface area is 67.3 Å². The molecule has 0 rings (SSSR count). The monoisotopic (exact) mass is 157 g/mol. The summed E-state index contributed by atoms with van der Waals surface area (Å²) in [6.07, 6.45) is 3.68. The summed E-state index contributed by atoms with van der Waals surface area (Å²) < 4.78 is 0. The van der Waals surface area contributed by atoms with Gasteiger partial charge in [-0.2, -0.15) is 0 Å².